The highest BCUT2D eigenvalue weighted by Crippen LogP contribution is 2.27. The molecule has 108 valence electrons. The maximum absolute atomic E-state index is 5.56. The highest BCUT2D eigenvalue weighted by atomic mass is 32.1. The van der Waals surface area contributed by atoms with Gasteiger partial charge >= 0.3 is 6.01 Å². The molecule has 0 aromatic carbocycles. The fraction of sp³-hybridized carbons (Fsp3) is 0.500. The lowest BCUT2D eigenvalue weighted by Gasteiger charge is -2.08. The van der Waals surface area contributed by atoms with Gasteiger partial charge in [-0.3, -0.25) is 0 Å². The first kappa shape index (κ1) is 14.7. The zero-order valence-electron chi connectivity index (χ0n) is 12.1. The quantitative estimate of drug-likeness (QED) is 0.846. The van der Waals surface area contributed by atoms with Crippen molar-refractivity contribution in [3.63, 3.8) is 0 Å². The summed E-state index contributed by atoms with van der Waals surface area (Å²) >= 11 is 1.63. The number of nitrogens with one attached hydrogen (secondary N) is 1. The Morgan fingerprint density at radius 3 is 2.70 bits per heavy atom. The monoisotopic (exact) mass is 292 g/mol. The highest BCUT2D eigenvalue weighted by Gasteiger charge is 2.12. The number of hydrogen-bond donors (Lipinski definition) is 1. The molecule has 2 rings (SSSR count). The molecule has 1 N–H and O–H groups in total. The topological polar surface area (TPSA) is 59.9 Å². The Labute approximate surface area is 123 Å². The fourth-order valence-corrected chi connectivity index (χ4v) is 2.49. The molecule has 0 amide bonds. The van der Waals surface area contributed by atoms with Gasteiger partial charge in [0.15, 0.2) is 5.82 Å². The summed E-state index contributed by atoms with van der Waals surface area (Å²) in [5, 5.41) is 5.24. The number of hydrogen-bond acceptors (Lipinski definition) is 6. The van der Waals surface area contributed by atoms with Crippen LogP contribution in [0.3, 0.4) is 0 Å². The largest absolute Gasteiger partial charge is 0.463 e. The Bertz CT molecular complexity index is 530. The third-order valence-corrected chi connectivity index (χ3v) is 3.66. The number of thiophene rings is 1. The van der Waals surface area contributed by atoms with Crippen LogP contribution < -0.4 is 10.1 Å². The van der Waals surface area contributed by atoms with E-state index in [4.69, 9.17) is 4.74 Å². The van der Waals surface area contributed by atoms with Crippen molar-refractivity contribution in [2.75, 3.05) is 18.5 Å². The smallest absolute Gasteiger partial charge is 0.321 e. The van der Waals surface area contributed by atoms with Crippen molar-refractivity contribution >= 4 is 17.3 Å². The fourth-order valence-electron chi connectivity index (χ4n) is 1.63. The molecule has 2 aromatic rings. The molecule has 0 radical (unpaired) electrons. The minimum atomic E-state index is 0.392. The average Bonchev–Trinajstić information content (AvgIpc) is 2.89. The second-order valence-corrected chi connectivity index (χ2v) is 5.39. The van der Waals surface area contributed by atoms with Crippen LogP contribution in [0.1, 0.15) is 32.3 Å². The van der Waals surface area contributed by atoms with Crippen molar-refractivity contribution in [1.82, 2.24) is 15.0 Å². The SMILES string of the molecule is CCCNc1nc(OCCC)nc(-c2sccc2C)n1. The predicted octanol–water partition coefficient (Wildman–Crippen LogP) is 3.52. The number of rotatable bonds is 7. The van der Waals surface area contributed by atoms with Gasteiger partial charge in [0.1, 0.15) is 0 Å². The number of anilines is 1. The van der Waals surface area contributed by atoms with Gasteiger partial charge in [-0.05, 0) is 36.8 Å². The molecule has 0 atom stereocenters. The first-order chi connectivity index (χ1) is 9.74. The molecule has 6 heteroatoms. The van der Waals surface area contributed by atoms with Gasteiger partial charge in [0, 0.05) is 6.54 Å². The van der Waals surface area contributed by atoms with E-state index in [1.165, 1.54) is 5.56 Å². The molecule has 0 unspecified atom stereocenters. The lowest BCUT2D eigenvalue weighted by molar-refractivity contribution is 0.292. The van der Waals surface area contributed by atoms with E-state index in [1.54, 1.807) is 11.3 Å². The zero-order chi connectivity index (χ0) is 14.4. The van der Waals surface area contributed by atoms with Crippen LogP contribution in [0, 0.1) is 6.92 Å². The molecule has 20 heavy (non-hydrogen) atoms. The molecule has 0 aliphatic rings. The van der Waals surface area contributed by atoms with Gasteiger partial charge in [0.05, 0.1) is 11.5 Å². The lowest BCUT2D eigenvalue weighted by atomic mass is 10.3. The van der Waals surface area contributed by atoms with Gasteiger partial charge in [0.25, 0.3) is 0 Å². The van der Waals surface area contributed by atoms with Gasteiger partial charge in [-0.15, -0.1) is 11.3 Å². The average molecular weight is 292 g/mol. The van der Waals surface area contributed by atoms with Crippen LogP contribution in [0.4, 0.5) is 5.95 Å². The summed E-state index contributed by atoms with van der Waals surface area (Å²) in [6.07, 6.45) is 1.95. The molecule has 0 aliphatic carbocycles. The van der Waals surface area contributed by atoms with E-state index < -0.39 is 0 Å². The summed E-state index contributed by atoms with van der Waals surface area (Å²) in [5.41, 5.74) is 1.17. The van der Waals surface area contributed by atoms with Crippen molar-refractivity contribution in [3.05, 3.63) is 17.0 Å². The van der Waals surface area contributed by atoms with Crippen LogP contribution in [-0.4, -0.2) is 28.1 Å². The summed E-state index contributed by atoms with van der Waals surface area (Å²) in [6.45, 7) is 7.66. The minimum absolute atomic E-state index is 0.392. The molecule has 2 heterocycles. The van der Waals surface area contributed by atoms with Crippen molar-refractivity contribution in [2.24, 2.45) is 0 Å². The zero-order valence-corrected chi connectivity index (χ0v) is 13.0. The maximum atomic E-state index is 5.56. The van der Waals surface area contributed by atoms with Crippen molar-refractivity contribution in [1.29, 1.82) is 0 Å². The summed E-state index contributed by atoms with van der Waals surface area (Å²) in [7, 11) is 0. The van der Waals surface area contributed by atoms with Gasteiger partial charge in [-0.25, -0.2) is 0 Å². The number of aryl methyl sites for hydroxylation is 1. The van der Waals surface area contributed by atoms with E-state index in [0.29, 0.717) is 24.4 Å². The van der Waals surface area contributed by atoms with Crippen LogP contribution in [0.15, 0.2) is 11.4 Å². The first-order valence-corrected chi connectivity index (χ1v) is 7.79. The van der Waals surface area contributed by atoms with E-state index in [9.17, 15) is 0 Å². The van der Waals surface area contributed by atoms with Crippen LogP contribution in [0.2, 0.25) is 0 Å². The Kier molecular flexibility index (Phi) is 5.29. The normalized spacial score (nSPS) is 10.6. The molecule has 0 saturated carbocycles. The minimum Gasteiger partial charge on any atom is -0.463 e. The summed E-state index contributed by atoms with van der Waals surface area (Å²) in [5.74, 6) is 1.26. The van der Waals surface area contributed by atoms with E-state index in [2.05, 4.69) is 47.1 Å². The Morgan fingerprint density at radius 2 is 2.05 bits per heavy atom. The van der Waals surface area contributed by atoms with Crippen LogP contribution in [0.25, 0.3) is 10.7 Å². The Balaban J connectivity index is 2.32. The van der Waals surface area contributed by atoms with Crippen LogP contribution in [-0.2, 0) is 0 Å². The molecule has 0 fully saturated rings. The predicted molar refractivity (Wildman–Crippen MR) is 82.4 cm³/mol. The van der Waals surface area contributed by atoms with E-state index in [1.807, 2.05) is 5.38 Å². The lowest BCUT2D eigenvalue weighted by Crippen LogP contribution is -2.09. The van der Waals surface area contributed by atoms with Gasteiger partial charge < -0.3 is 10.1 Å². The Hall–Kier alpha value is -1.69. The van der Waals surface area contributed by atoms with Gasteiger partial charge in [-0.1, -0.05) is 13.8 Å². The first-order valence-electron chi connectivity index (χ1n) is 6.91. The molecule has 2 aromatic heterocycles. The second-order valence-electron chi connectivity index (χ2n) is 4.47. The molecule has 5 nitrogen and oxygen atoms in total. The molecule has 0 spiro atoms. The third-order valence-electron chi connectivity index (χ3n) is 2.65. The number of nitrogens with zero attached hydrogens (tertiary/aromatic N) is 3. The highest BCUT2D eigenvalue weighted by molar-refractivity contribution is 7.13. The second kappa shape index (κ2) is 7.19. The molecular formula is C14H20N4OS. The Morgan fingerprint density at radius 1 is 1.20 bits per heavy atom. The van der Waals surface area contributed by atoms with Crippen LogP contribution in [0.5, 0.6) is 6.01 Å². The van der Waals surface area contributed by atoms with Crippen molar-refractivity contribution in [3.8, 4) is 16.7 Å². The van der Waals surface area contributed by atoms with Gasteiger partial charge in [-0.2, -0.15) is 15.0 Å². The maximum Gasteiger partial charge on any atom is 0.321 e. The molecular weight excluding hydrogens is 272 g/mol. The molecule has 0 saturated heterocycles. The van der Waals surface area contributed by atoms with E-state index in [0.717, 1.165) is 24.3 Å². The van der Waals surface area contributed by atoms with Crippen LogP contribution >= 0.6 is 11.3 Å². The van der Waals surface area contributed by atoms with E-state index in [-0.39, 0.29) is 0 Å². The number of aromatic nitrogens is 3. The summed E-state index contributed by atoms with van der Waals surface area (Å²) < 4.78 is 5.56. The summed E-state index contributed by atoms with van der Waals surface area (Å²) in [4.78, 5) is 14.2. The van der Waals surface area contributed by atoms with Crippen molar-refractivity contribution in [2.45, 2.75) is 33.6 Å². The standard InChI is InChI=1S/C14H20N4OS/c1-4-7-15-13-16-12(11-10(3)6-9-20-11)17-14(18-13)19-8-5-2/h6,9H,4-5,7-8H2,1-3H3,(H,15,16,17,18). The number of ether oxygens (including phenoxy) is 1. The van der Waals surface area contributed by atoms with Gasteiger partial charge in [0.2, 0.25) is 5.95 Å². The van der Waals surface area contributed by atoms with Crippen molar-refractivity contribution < 1.29 is 4.74 Å². The third kappa shape index (κ3) is 3.66. The summed E-state index contributed by atoms with van der Waals surface area (Å²) in [6, 6.07) is 2.46. The van der Waals surface area contributed by atoms with E-state index >= 15 is 0 Å². The molecule has 0 bridgehead atoms. The molecule has 0 aliphatic heterocycles.